The molecule has 1 amide bonds. The van der Waals surface area contributed by atoms with Crippen molar-refractivity contribution in [2.75, 3.05) is 32.0 Å². The number of nitrogens with zero attached hydrogens (tertiary/aromatic N) is 1. The summed E-state index contributed by atoms with van der Waals surface area (Å²) in [5, 5.41) is 0. The van der Waals surface area contributed by atoms with Gasteiger partial charge in [-0.3, -0.25) is 9.52 Å². The van der Waals surface area contributed by atoms with Gasteiger partial charge in [-0.1, -0.05) is 12.1 Å². The Balaban J connectivity index is 1.62. The van der Waals surface area contributed by atoms with Crippen LogP contribution in [-0.2, 0) is 10.0 Å². The predicted molar refractivity (Wildman–Crippen MR) is 124 cm³/mol. The van der Waals surface area contributed by atoms with Gasteiger partial charge in [-0.15, -0.1) is 0 Å². The number of halogens is 1. The molecule has 0 aliphatic rings. The van der Waals surface area contributed by atoms with Crippen molar-refractivity contribution < 1.29 is 27.1 Å². The molecule has 0 heterocycles. The Labute approximate surface area is 192 Å². The first-order valence-electron chi connectivity index (χ1n) is 10.1. The highest BCUT2D eigenvalue weighted by molar-refractivity contribution is 7.92. The molecule has 0 unspecified atom stereocenters. The second-order valence-electron chi connectivity index (χ2n) is 7.35. The van der Waals surface area contributed by atoms with E-state index in [0.717, 1.165) is 11.8 Å². The van der Waals surface area contributed by atoms with Gasteiger partial charge in [-0.2, -0.15) is 0 Å². The molecule has 0 bridgehead atoms. The van der Waals surface area contributed by atoms with Gasteiger partial charge in [0.1, 0.15) is 23.9 Å². The van der Waals surface area contributed by atoms with Crippen LogP contribution in [0.15, 0.2) is 71.6 Å². The van der Waals surface area contributed by atoms with Crippen molar-refractivity contribution in [1.29, 1.82) is 0 Å². The van der Waals surface area contributed by atoms with Crippen molar-refractivity contribution in [3.8, 4) is 11.5 Å². The number of hydrogen-bond acceptors (Lipinski definition) is 5. The number of carbonyl (C=O) groups is 1. The van der Waals surface area contributed by atoms with Crippen molar-refractivity contribution >= 4 is 21.6 Å². The summed E-state index contributed by atoms with van der Waals surface area (Å²) in [4.78, 5) is 14.0. The van der Waals surface area contributed by atoms with E-state index in [-0.39, 0.29) is 23.1 Å². The number of sulfonamides is 1. The Morgan fingerprint density at radius 2 is 1.73 bits per heavy atom. The van der Waals surface area contributed by atoms with E-state index in [4.69, 9.17) is 9.47 Å². The van der Waals surface area contributed by atoms with Gasteiger partial charge in [0.2, 0.25) is 0 Å². The third-order valence-electron chi connectivity index (χ3n) is 4.92. The van der Waals surface area contributed by atoms with Gasteiger partial charge in [-0.05, 0) is 67.1 Å². The maximum absolute atomic E-state index is 13.8. The first kappa shape index (κ1) is 24.1. The maximum Gasteiger partial charge on any atom is 0.261 e. The van der Waals surface area contributed by atoms with E-state index in [9.17, 15) is 17.6 Å². The van der Waals surface area contributed by atoms with Gasteiger partial charge in [-0.25, -0.2) is 12.8 Å². The monoisotopic (exact) mass is 472 g/mol. The smallest absolute Gasteiger partial charge is 0.261 e. The minimum Gasteiger partial charge on any atom is -0.497 e. The molecular formula is C24H25FN2O5S. The number of benzene rings is 3. The van der Waals surface area contributed by atoms with Crippen LogP contribution in [0, 0.1) is 12.7 Å². The highest BCUT2D eigenvalue weighted by atomic mass is 32.2. The molecule has 0 fully saturated rings. The standard InChI is InChI=1S/C24H25FN2O5S/c1-17-7-12-22(16-23(17)25)33(29,30)26-19-6-4-5-18(15-19)24(28)27(2)13-14-32-21-10-8-20(31-3)9-11-21/h4-12,15-16,26H,13-14H2,1-3H3. The van der Waals surface area contributed by atoms with E-state index in [1.54, 1.807) is 57.5 Å². The largest absolute Gasteiger partial charge is 0.497 e. The SMILES string of the molecule is COc1ccc(OCCN(C)C(=O)c2cccc(NS(=O)(=O)c3ccc(C)c(F)c3)c2)cc1. The summed E-state index contributed by atoms with van der Waals surface area (Å²) in [5.41, 5.74) is 0.850. The zero-order chi connectivity index (χ0) is 24.0. The molecule has 1 N–H and O–H groups in total. The molecule has 0 spiro atoms. The lowest BCUT2D eigenvalue weighted by molar-refractivity contribution is 0.0774. The van der Waals surface area contributed by atoms with E-state index < -0.39 is 15.8 Å². The zero-order valence-electron chi connectivity index (χ0n) is 18.5. The van der Waals surface area contributed by atoms with Crippen LogP contribution in [0.4, 0.5) is 10.1 Å². The average Bonchev–Trinajstić information content (AvgIpc) is 2.80. The molecule has 3 aromatic carbocycles. The molecule has 3 rings (SSSR count). The van der Waals surface area contributed by atoms with Gasteiger partial charge in [0.05, 0.1) is 18.6 Å². The Bertz CT molecular complexity index is 1230. The molecule has 0 aliphatic carbocycles. The number of methoxy groups -OCH3 is 1. The number of rotatable bonds is 9. The first-order chi connectivity index (χ1) is 15.7. The van der Waals surface area contributed by atoms with E-state index in [1.165, 1.54) is 29.2 Å². The van der Waals surface area contributed by atoms with Crippen molar-refractivity contribution in [3.63, 3.8) is 0 Å². The second kappa shape index (κ2) is 10.4. The molecule has 0 aromatic heterocycles. The van der Waals surface area contributed by atoms with E-state index >= 15 is 0 Å². The summed E-state index contributed by atoms with van der Waals surface area (Å²) in [6.45, 7) is 2.15. The van der Waals surface area contributed by atoms with Crippen LogP contribution in [0.25, 0.3) is 0 Å². The molecule has 0 saturated carbocycles. The summed E-state index contributed by atoms with van der Waals surface area (Å²) in [6.07, 6.45) is 0. The van der Waals surface area contributed by atoms with Crippen LogP contribution in [0.1, 0.15) is 15.9 Å². The number of hydrogen-bond donors (Lipinski definition) is 1. The van der Waals surface area contributed by atoms with Crippen LogP contribution in [-0.4, -0.2) is 46.5 Å². The van der Waals surface area contributed by atoms with Crippen LogP contribution in [0.3, 0.4) is 0 Å². The van der Waals surface area contributed by atoms with Gasteiger partial charge in [0, 0.05) is 18.3 Å². The number of aryl methyl sites for hydroxylation is 1. The fourth-order valence-electron chi connectivity index (χ4n) is 2.96. The third-order valence-corrected chi connectivity index (χ3v) is 6.30. The fraction of sp³-hybridized carbons (Fsp3) is 0.208. The zero-order valence-corrected chi connectivity index (χ0v) is 19.4. The lowest BCUT2D eigenvalue weighted by Crippen LogP contribution is -2.31. The molecule has 33 heavy (non-hydrogen) atoms. The number of ether oxygens (including phenoxy) is 2. The lowest BCUT2D eigenvalue weighted by atomic mass is 10.2. The Morgan fingerprint density at radius 3 is 2.39 bits per heavy atom. The van der Waals surface area contributed by atoms with E-state index in [2.05, 4.69) is 4.72 Å². The highest BCUT2D eigenvalue weighted by Gasteiger charge is 2.18. The van der Waals surface area contributed by atoms with Gasteiger partial charge in [0.25, 0.3) is 15.9 Å². The van der Waals surface area contributed by atoms with E-state index in [1.807, 2.05) is 0 Å². The maximum atomic E-state index is 13.8. The summed E-state index contributed by atoms with van der Waals surface area (Å²) in [5.74, 6) is 0.467. The normalized spacial score (nSPS) is 11.0. The number of anilines is 1. The Kier molecular flexibility index (Phi) is 7.55. The molecule has 0 aliphatic heterocycles. The predicted octanol–water partition coefficient (Wildman–Crippen LogP) is 4.09. The molecular weight excluding hydrogens is 447 g/mol. The number of likely N-dealkylation sites (N-methyl/N-ethyl adjacent to an activating group) is 1. The molecule has 0 atom stereocenters. The summed E-state index contributed by atoms with van der Waals surface area (Å²) < 4.78 is 52.1. The van der Waals surface area contributed by atoms with Crippen molar-refractivity contribution in [3.05, 3.63) is 83.7 Å². The van der Waals surface area contributed by atoms with Crippen LogP contribution >= 0.6 is 0 Å². The average molecular weight is 473 g/mol. The van der Waals surface area contributed by atoms with Gasteiger partial charge in [0.15, 0.2) is 0 Å². The minimum atomic E-state index is -4.01. The number of amides is 1. The van der Waals surface area contributed by atoms with Crippen molar-refractivity contribution in [2.45, 2.75) is 11.8 Å². The van der Waals surface area contributed by atoms with Crippen molar-refractivity contribution in [2.24, 2.45) is 0 Å². The molecule has 174 valence electrons. The Morgan fingerprint density at radius 1 is 1.03 bits per heavy atom. The number of carbonyl (C=O) groups excluding carboxylic acids is 1. The number of nitrogens with one attached hydrogen (secondary N) is 1. The first-order valence-corrected chi connectivity index (χ1v) is 11.6. The molecule has 3 aromatic rings. The van der Waals surface area contributed by atoms with Crippen LogP contribution < -0.4 is 14.2 Å². The lowest BCUT2D eigenvalue weighted by Gasteiger charge is -2.18. The summed E-state index contributed by atoms with van der Waals surface area (Å²) >= 11 is 0. The molecule has 0 radical (unpaired) electrons. The third kappa shape index (κ3) is 6.23. The molecule has 7 nitrogen and oxygen atoms in total. The van der Waals surface area contributed by atoms with E-state index in [0.29, 0.717) is 23.4 Å². The van der Waals surface area contributed by atoms with Crippen LogP contribution in [0.2, 0.25) is 0 Å². The Hall–Kier alpha value is -3.59. The van der Waals surface area contributed by atoms with Crippen LogP contribution in [0.5, 0.6) is 11.5 Å². The van der Waals surface area contributed by atoms with Gasteiger partial charge >= 0.3 is 0 Å². The fourth-order valence-corrected chi connectivity index (χ4v) is 4.03. The summed E-state index contributed by atoms with van der Waals surface area (Å²) in [6, 6.07) is 16.9. The summed E-state index contributed by atoms with van der Waals surface area (Å²) in [7, 11) is -0.796. The van der Waals surface area contributed by atoms with Gasteiger partial charge < -0.3 is 14.4 Å². The van der Waals surface area contributed by atoms with Crippen molar-refractivity contribution in [1.82, 2.24) is 4.90 Å². The molecule has 0 saturated heterocycles. The molecule has 9 heteroatoms. The minimum absolute atomic E-state index is 0.199. The highest BCUT2D eigenvalue weighted by Crippen LogP contribution is 2.20. The topological polar surface area (TPSA) is 84.9 Å². The quantitative estimate of drug-likeness (QED) is 0.507. The second-order valence-corrected chi connectivity index (χ2v) is 9.03.